The predicted octanol–water partition coefficient (Wildman–Crippen LogP) is 4.33. The van der Waals surface area contributed by atoms with Crippen molar-refractivity contribution in [3.63, 3.8) is 0 Å². The fourth-order valence-corrected chi connectivity index (χ4v) is 2.08. The zero-order valence-electron chi connectivity index (χ0n) is 9.39. The number of imidazole rings is 1. The van der Waals surface area contributed by atoms with Crippen LogP contribution in [0, 0.1) is 0 Å². The number of halogens is 6. The van der Waals surface area contributed by atoms with E-state index in [1.54, 1.807) is 0 Å². The molecule has 0 saturated heterocycles. The molecule has 0 unspecified atom stereocenters. The van der Waals surface area contributed by atoms with Gasteiger partial charge in [0, 0.05) is 5.02 Å². The van der Waals surface area contributed by atoms with E-state index in [1.165, 1.54) is 18.2 Å². The predicted molar refractivity (Wildman–Crippen MR) is 65.3 cm³/mol. The van der Waals surface area contributed by atoms with Crippen LogP contribution in [0.15, 0.2) is 18.2 Å². The Morgan fingerprint density at radius 2 is 2.00 bits per heavy atom. The highest BCUT2D eigenvalue weighted by molar-refractivity contribution is 6.31. The van der Waals surface area contributed by atoms with Gasteiger partial charge in [-0.15, -0.1) is 11.6 Å². The second-order valence-electron chi connectivity index (χ2n) is 3.94. The molecule has 19 heavy (non-hydrogen) atoms. The number of alkyl halides is 5. The van der Waals surface area contributed by atoms with Gasteiger partial charge in [0.2, 0.25) is 0 Å². The number of benzene rings is 1. The summed E-state index contributed by atoms with van der Waals surface area (Å²) in [5.74, 6) is -4.21. The molecule has 0 fully saturated rings. The van der Waals surface area contributed by atoms with Crippen LogP contribution in [-0.2, 0) is 12.4 Å². The molecule has 1 aromatic carbocycles. The van der Waals surface area contributed by atoms with Crippen molar-refractivity contribution in [3.8, 4) is 0 Å². The Kier molecular flexibility index (Phi) is 3.92. The van der Waals surface area contributed by atoms with Gasteiger partial charge in [-0.25, -0.2) is 13.8 Å². The van der Waals surface area contributed by atoms with E-state index in [1.807, 2.05) is 0 Å². The van der Waals surface area contributed by atoms with E-state index in [0.717, 1.165) is 4.57 Å². The van der Waals surface area contributed by atoms with Gasteiger partial charge in [-0.2, -0.15) is 8.78 Å². The third-order valence-electron chi connectivity index (χ3n) is 2.60. The van der Waals surface area contributed by atoms with E-state index in [0.29, 0.717) is 16.1 Å². The lowest BCUT2D eigenvalue weighted by Gasteiger charge is -2.17. The first-order chi connectivity index (χ1) is 8.85. The smallest absolute Gasteiger partial charge is 0.321 e. The van der Waals surface area contributed by atoms with E-state index in [2.05, 4.69) is 4.98 Å². The monoisotopic (exact) mass is 314 g/mol. The van der Waals surface area contributed by atoms with Crippen LogP contribution in [0.1, 0.15) is 5.82 Å². The average Bonchev–Trinajstić information content (AvgIpc) is 2.65. The zero-order chi connectivity index (χ0) is 14.2. The van der Waals surface area contributed by atoms with Gasteiger partial charge in [-0.05, 0) is 18.2 Å². The Labute approximate surface area is 115 Å². The van der Waals surface area contributed by atoms with E-state index in [-0.39, 0.29) is 11.7 Å². The molecule has 0 aliphatic heterocycles. The lowest BCUT2D eigenvalue weighted by Crippen LogP contribution is -2.32. The first-order valence-electron chi connectivity index (χ1n) is 5.22. The second-order valence-corrected chi connectivity index (χ2v) is 4.65. The van der Waals surface area contributed by atoms with E-state index in [9.17, 15) is 17.6 Å². The molecule has 0 atom stereocenters. The van der Waals surface area contributed by atoms with Gasteiger partial charge in [0.1, 0.15) is 5.82 Å². The summed E-state index contributed by atoms with van der Waals surface area (Å²) < 4.78 is 51.9. The molecule has 0 radical (unpaired) electrons. The standard InChI is InChI=1S/C11H8Cl2F4N2/c12-4-9-18-7-3-6(13)1-2-8(7)19(9)5-11(16,17)10(14)15/h1-3,10H,4-5H2. The molecule has 104 valence electrons. The van der Waals surface area contributed by atoms with Crippen LogP contribution in [-0.4, -0.2) is 21.9 Å². The van der Waals surface area contributed by atoms with Crippen LogP contribution < -0.4 is 0 Å². The van der Waals surface area contributed by atoms with Crippen LogP contribution in [0.4, 0.5) is 17.6 Å². The third kappa shape index (κ3) is 2.79. The highest BCUT2D eigenvalue weighted by atomic mass is 35.5. The zero-order valence-corrected chi connectivity index (χ0v) is 10.9. The topological polar surface area (TPSA) is 17.8 Å². The quantitative estimate of drug-likeness (QED) is 0.606. The first-order valence-corrected chi connectivity index (χ1v) is 6.13. The Morgan fingerprint density at radius 1 is 1.32 bits per heavy atom. The molecule has 8 heteroatoms. The molecule has 0 aliphatic carbocycles. The summed E-state index contributed by atoms with van der Waals surface area (Å²) in [5.41, 5.74) is 0.633. The summed E-state index contributed by atoms with van der Waals surface area (Å²) in [6.07, 6.45) is -3.75. The first kappa shape index (κ1) is 14.4. The fourth-order valence-electron chi connectivity index (χ4n) is 1.71. The molecular formula is C11H8Cl2F4N2. The lowest BCUT2D eigenvalue weighted by molar-refractivity contribution is -0.137. The maximum atomic E-state index is 13.2. The number of nitrogens with zero attached hydrogens (tertiary/aromatic N) is 2. The molecule has 2 aromatic rings. The minimum absolute atomic E-state index is 0.0965. The summed E-state index contributed by atoms with van der Waals surface area (Å²) in [5, 5.41) is 0.374. The highest BCUT2D eigenvalue weighted by Crippen LogP contribution is 2.29. The van der Waals surface area contributed by atoms with Gasteiger partial charge < -0.3 is 4.57 Å². The molecule has 0 aliphatic rings. The van der Waals surface area contributed by atoms with Gasteiger partial charge in [0.25, 0.3) is 0 Å². The van der Waals surface area contributed by atoms with Gasteiger partial charge >= 0.3 is 12.3 Å². The molecule has 1 aromatic heterocycles. The van der Waals surface area contributed by atoms with Crippen molar-refractivity contribution in [2.45, 2.75) is 24.8 Å². The van der Waals surface area contributed by atoms with Crippen molar-refractivity contribution >= 4 is 34.2 Å². The van der Waals surface area contributed by atoms with Crippen LogP contribution >= 0.6 is 23.2 Å². The van der Waals surface area contributed by atoms with Gasteiger partial charge in [-0.3, -0.25) is 0 Å². The summed E-state index contributed by atoms with van der Waals surface area (Å²) >= 11 is 11.4. The SMILES string of the molecule is FC(F)C(F)(F)Cn1c(CCl)nc2cc(Cl)ccc21. The number of fused-ring (bicyclic) bond motifs is 1. The summed E-state index contributed by atoms with van der Waals surface area (Å²) in [6, 6.07) is 4.38. The summed E-state index contributed by atoms with van der Waals surface area (Å²) in [4.78, 5) is 4.00. The number of hydrogen-bond acceptors (Lipinski definition) is 1. The maximum absolute atomic E-state index is 13.2. The number of rotatable bonds is 4. The van der Waals surface area contributed by atoms with Crippen molar-refractivity contribution in [1.82, 2.24) is 9.55 Å². The van der Waals surface area contributed by atoms with Crippen LogP contribution in [0.5, 0.6) is 0 Å². The molecule has 2 nitrogen and oxygen atoms in total. The molecular weight excluding hydrogens is 307 g/mol. The molecule has 0 N–H and O–H groups in total. The van der Waals surface area contributed by atoms with Crippen molar-refractivity contribution in [3.05, 3.63) is 29.0 Å². The van der Waals surface area contributed by atoms with Crippen LogP contribution in [0.3, 0.4) is 0 Å². The Morgan fingerprint density at radius 3 is 2.58 bits per heavy atom. The third-order valence-corrected chi connectivity index (χ3v) is 3.07. The second kappa shape index (κ2) is 5.17. The van der Waals surface area contributed by atoms with E-state index in [4.69, 9.17) is 23.2 Å². The average molecular weight is 315 g/mol. The maximum Gasteiger partial charge on any atom is 0.324 e. The number of hydrogen-bond donors (Lipinski definition) is 0. The Bertz CT molecular complexity index is 598. The molecule has 0 bridgehead atoms. The van der Waals surface area contributed by atoms with Gasteiger partial charge in [-0.1, -0.05) is 11.6 Å². The molecule has 0 amide bonds. The van der Waals surface area contributed by atoms with E-state index >= 15 is 0 Å². The summed E-state index contributed by atoms with van der Waals surface area (Å²) in [6.45, 7) is -1.18. The van der Waals surface area contributed by atoms with Crippen LogP contribution in [0.25, 0.3) is 11.0 Å². The van der Waals surface area contributed by atoms with Crippen molar-refractivity contribution in [2.75, 3.05) is 0 Å². The Hall–Kier alpha value is -1.01. The minimum atomic E-state index is -4.14. The van der Waals surface area contributed by atoms with Crippen molar-refractivity contribution in [2.24, 2.45) is 0 Å². The van der Waals surface area contributed by atoms with Crippen LogP contribution in [0.2, 0.25) is 5.02 Å². The molecule has 0 saturated carbocycles. The largest absolute Gasteiger partial charge is 0.324 e. The van der Waals surface area contributed by atoms with Crippen molar-refractivity contribution < 1.29 is 17.6 Å². The highest BCUT2D eigenvalue weighted by Gasteiger charge is 2.41. The minimum Gasteiger partial charge on any atom is -0.321 e. The number of aromatic nitrogens is 2. The Balaban J connectivity index is 2.52. The lowest BCUT2D eigenvalue weighted by atomic mass is 10.3. The van der Waals surface area contributed by atoms with E-state index < -0.39 is 18.9 Å². The normalized spacial score (nSPS) is 12.6. The van der Waals surface area contributed by atoms with Crippen molar-refractivity contribution in [1.29, 1.82) is 0 Å². The summed E-state index contributed by atoms with van der Waals surface area (Å²) in [7, 11) is 0. The molecule has 2 rings (SSSR count). The fraction of sp³-hybridized carbons (Fsp3) is 0.364. The van der Waals surface area contributed by atoms with Gasteiger partial charge in [0.15, 0.2) is 0 Å². The molecule has 0 spiro atoms. The van der Waals surface area contributed by atoms with Gasteiger partial charge in [0.05, 0.1) is 23.5 Å². The molecule has 1 heterocycles.